The molecule has 1 aromatic heterocycles. The second kappa shape index (κ2) is 12.2. The quantitative estimate of drug-likeness (QED) is 0.227. The van der Waals surface area contributed by atoms with E-state index >= 15 is 0 Å². The van der Waals surface area contributed by atoms with Gasteiger partial charge in [-0.25, -0.2) is 4.79 Å². The van der Waals surface area contributed by atoms with E-state index in [1.807, 2.05) is 23.6 Å². The first-order valence-electron chi connectivity index (χ1n) is 10.5. The minimum absolute atomic E-state index is 0.124. The number of benzene rings is 2. The highest BCUT2D eigenvalue weighted by atomic mass is 35.5. The average Bonchev–Trinajstić information content (AvgIpc) is 3.20. The summed E-state index contributed by atoms with van der Waals surface area (Å²) in [5, 5.41) is 12.3. The summed E-state index contributed by atoms with van der Waals surface area (Å²) in [6.45, 7) is 8.43. The summed E-state index contributed by atoms with van der Waals surface area (Å²) in [5.41, 5.74) is 2.04. The molecule has 178 valence electrons. The Morgan fingerprint density at radius 1 is 1.21 bits per heavy atom. The highest BCUT2D eigenvalue weighted by Gasteiger charge is 2.15. The lowest BCUT2D eigenvalue weighted by Crippen LogP contribution is -2.15. The van der Waals surface area contributed by atoms with Crippen LogP contribution in [0.1, 0.15) is 28.7 Å². The zero-order valence-corrected chi connectivity index (χ0v) is 20.5. The monoisotopic (exact) mass is 500 g/mol. The Morgan fingerprint density at radius 3 is 2.68 bits per heavy atom. The van der Waals surface area contributed by atoms with Gasteiger partial charge in [0.25, 0.3) is 0 Å². The van der Waals surface area contributed by atoms with E-state index < -0.39 is 5.97 Å². The normalized spacial score (nSPS) is 10.6. The molecule has 34 heavy (non-hydrogen) atoms. The van der Waals surface area contributed by atoms with Crippen molar-refractivity contribution in [1.29, 1.82) is 0 Å². The molecule has 0 aliphatic carbocycles. The van der Waals surface area contributed by atoms with Crippen molar-refractivity contribution in [3.05, 3.63) is 77.1 Å². The van der Waals surface area contributed by atoms with Crippen molar-refractivity contribution in [3.8, 4) is 5.75 Å². The van der Waals surface area contributed by atoms with Crippen LogP contribution in [0.15, 0.2) is 60.3 Å². The molecule has 1 heterocycles. The van der Waals surface area contributed by atoms with E-state index in [0.29, 0.717) is 46.2 Å². The largest absolute Gasteiger partial charge is 0.484 e. The van der Waals surface area contributed by atoms with Crippen molar-refractivity contribution in [2.45, 2.75) is 32.2 Å². The number of nitrogens with zero attached hydrogens (tertiary/aromatic N) is 3. The maximum Gasteiger partial charge on any atom is 0.338 e. The Hall–Kier alpha value is -3.30. The lowest BCUT2D eigenvalue weighted by molar-refractivity contribution is -0.113. The number of hydrogen-bond acceptors (Lipinski definition) is 7. The summed E-state index contributed by atoms with van der Waals surface area (Å²) in [5.74, 6) is 0.667. The molecule has 1 amide bonds. The summed E-state index contributed by atoms with van der Waals surface area (Å²) in [4.78, 5) is 24.2. The number of allylic oxidation sites excluding steroid dienone is 1. The van der Waals surface area contributed by atoms with E-state index in [1.54, 1.807) is 43.3 Å². The second-order valence-electron chi connectivity index (χ2n) is 7.16. The van der Waals surface area contributed by atoms with Gasteiger partial charge in [0, 0.05) is 12.2 Å². The number of aryl methyl sites for hydroxylation is 1. The molecule has 1 N–H and O–H groups in total. The number of carbonyl (C=O) groups is 2. The number of rotatable bonds is 11. The number of nitrogens with one attached hydrogen (secondary N) is 1. The molecule has 0 fully saturated rings. The molecule has 0 aliphatic heterocycles. The number of anilines is 1. The lowest BCUT2D eigenvalue weighted by Gasteiger charge is -2.11. The summed E-state index contributed by atoms with van der Waals surface area (Å²) in [6, 6.07) is 12.1. The highest BCUT2D eigenvalue weighted by molar-refractivity contribution is 7.99. The van der Waals surface area contributed by atoms with Gasteiger partial charge in [0.05, 0.1) is 22.9 Å². The van der Waals surface area contributed by atoms with Crippen LogP contribution in [0.5, 0.6) is 5.75 Å². The Kier molecular flexibility index (Phi) is 9.12. The fraction of sp³-hybridized carbons (Fsp3) is 0.250. The van der Waals surface area contributed by atoms with Crippen LogP contribution in [0.4, 0.5) is 5.69 Å². The van der Waals surface area contributed by atoms with Crippen molar-refractivity contribution in [2.24, 2.45) is 0 Å². The molecule has 0 aliphatic rings. The number of aromatic nitrogens is 3. The minimum Gasteiger partial charge on any atom is -0.484 e. The van der Waals surface area contributed by atoms with Crippen LogP contribution in [-0.2, 0) is 22.7 Å². The number of hydrogen-bond donors (Lipinski definition) is 1. The predicted octanol–water partition coefficient (Wildman–Crippen LogP) is 4.91. The summed E-state index contributed by atoms with van der Waals surface area (Å²) in [6.07, 6.45) is 1.72. The van der Waals surface area contributed by atoms with E-state index in [4.69, 9.17) is 21.1 Å². The first-order chi connectivity index (χ1) is 16.4. The van der Waals surface area contributed by atoms with Gasteiger partial charge in [-0.3, -0.25) is 9.36 Å². The van der Waals surface area contributed by atoms with E-state index in [2.05, 4.69) is 22.1 Å². The van der Waals surface area contributed by atoms with Gasteiger partial charge in [-0.05, 0) is 55.8 Å². The molecule has 0 unspecified atom stereocenters. The van der Waals surface area contributed by atoms with Crippen molar-refractivity contribution >= 4 is 40.9 Å². The molecule has 3 rings (SSSR count). The van der Waals surface area contributed by atoms with Gasteiger partial charge < -0.3 is 14.8 Å². The summed E-state index contributed by atoms with van der Waals surface area (Å²) in [7, 11) is 0. The molecule has 0 spiro atoms. The number of amides is 1. The fourth-order valence-electron chi connectivity index (χ4n) is 2.94. The predicted molar refractivity (Wildman–Crippen MR) is 132 cm³/mol. The number of carbonyl (C=O) groups excluding carboxylic acids is 2. The molecular weight excluding hydrogens is 476 g/mol. The van der Waals surface area contributed by atoms with E-state index in [-0.39, 0.29) is 18.3 Å². The van der Waals surface area contributed by atoms with Crippen LogP contribution in [0, 0.1) is 6.92 Å². The Balaban J connectivity index is 1.59. The number of esters is 1. The number of halogens is 1. The Labute approximate surface area is 207 Å². The lowest BCUT2D eigenvalue weighted by atomic mass is 10.2. The van der Waals surface area contributed by atoms with Crippen LogP contribution in [0.3, 0.4) is 0 Å². The first kappa shape index (κ1) is 25.3. The van der Waals surface area contributed by atoms with Gasteiger partial charge in [0.1, 0.15) is 12.4 Å². The molecule has 0 atom stereocenters. The molecule has 0 saturated heterocycles. The molecule has 2 aromatic carbocycles. The van der Waals surface area contributed by atoms with Gasteiger partial charge in [0.2, 0.25) is 5.91 Å². The van der Waals surface area contributed by atoms with Crippen molar-refractivity contribution in [2.75, 3.05) is 17.7 Å². The first-order valence-corrected chi connectivity index (χ1v) is 11.9. The molecule has 10 heteroatoms. The van der Waals surface area contributed by atoms with E-state index in [9.17, 15) is 9.59 Å². The van der Waals surface area contributed by atoms with Gasteiger partial charge in [0.15, 0.2) is 11.0 Å². The second-order valence-corrected chi connectivity index (χ2v) is 8.51. The molecular formula is C24H25ClN4O4S. The molecule has 8 nitrogen and oxygen atoms in total. The van der Waals surface area contributed by atoms with Crippen LogP contribution >= 0.6 is 23.4 Å². The SMILES string of the molecule is C=CCn1c(COc2cc(C)ccc2Cl)nnc1SCC(=O)Nc1ccc(C(=O)OCC)cc1. The third kappa shape index (κ3) is 6.85. The smallest absolute Gasteiger partial charge is 0.338 e. The van der Waals surface area contributed by atoms with Crippen molar-refractivity contribution < 1.29 is 19.1 Å². The molecule has 0 radical (unpaired) electrons. The maximum atomic E-state index is 12.4. The van der Waals surface area contributed by atoms with Crippen LogP contribution in [-0.4, -0.2) is 39.0 Å². The van der Waals surface area contributed by atoms with Gasteiger partial charge in [-0.2, -0.15) is 0 Å². The molecule has 0 saturated carbocycles. The zero-order valence-electron chi connectivity index (χ0n) is 18.9. The third-order valence-corrected chi connectivity index (χ3v) is 5.84. The van der Waals surface area contributed by atoms with E-state index in [1.165, 1.54) is 11.8 Å². The van der Waals surface area contributed by atoms with Crippen LogP contribution in [0.25, 0.3) is 0 Å². The summed E-state index contributed by atoms with van der Waals surface area (Å²) >= 11 is 7.45. The van der Waals surface area contributed by atoms with E-state index in [0.717, 1.165) is 5.56 Å². The Bertz CT molecular complexity index is 1160. The van der Waals surface area contributed by atoms with Crippen molar-refractivity contribution in [3.63, 3.8) is 0 Å². The molecule has 0 bridgehead atoms. The van der Waals surface area contributed by atoms with Gasteiger partial charge in [-0.15, -0.1) is 16.8 Å². The van der Waals surface area contributed by atoms with Gasteiger partial charge >= 0.3 is 5.97 Å². The minimum atomic E-state index is -0.401. The zero-order chi connectivity index (χ0) is 24.5. The standard InChI is InChI=1S/C24H25ClN4O4S/c1-4-12-29-21(14-33-20-13-16(3)6-11-19(20)25)27-28-24(29)34-15-22(30)26-18-9-7-17(8-10-18)23(31)32-5-2/h4,6-11,13H,1,5,12,14-15H2,2-3H3,(H,26,30). The maximum absolute atomic E-state index is 12.4. The summed E-state index contributed by atoms with van der Waals surface area (Å²) < 4.78 is 12.6. The fourth-order valence-corrected chi connectivity index (χ4v) is 3.88. The highest BCUT2D eigenvalue weighted by Crippen LogP contribution is 2.26. The number of thioether (sulfide) groups is 1. The van der Waals surface area contributed by atoms with Crippen LogP contribution in [0.2, 0.25) is 5.02 Å². The average molecular weight is 501 g/mol. The topological polar surface area (TPSA) is 95.3 Å². The third-order valence-electron chi connectivity index (χ3n) is 4.56. The molecule has 3 aromatic rings. The Morgan fingerprint density at radius 2 is 1.97 bits per heavy atom. The van der Waals surface area contributed by atoms with Crippen molar-refractivity contribution in [1.82, 2.24) is 14.8 Å². The number of ether oxygens (including phenoxy) is 2. The van der Waals surface area contributed by atoms with Gasteiger partial charge in [-0.1, -0.05) is 35.5 Å². The van der Waals surface area contributed by atoms with Crippen LogP contribution < -0.4 is 10.1 Å².